The summed E-state index contributed by atoms with van der Waals surface area (Å²) in [5, 5.41) is 0. The molecule has 0 aliphatic heterocycles. The molecule has 4 N–H and O–H groups in total. The van der Waals surface area contributed by atoms with Crippen molar-refractivity contribution in [3.63, 3.8) is 0 Å². The highest BCUT2D eigenvalue weighted by molar-refractivity contribution is 5.76. The lowest BCUT2D eigenvalue weighted by Gasteiger charge is -2.19. The molecule has 0 amide bonds. The van der Waals surface area contributed by atoms with E-state index in [4.69, 9.17) is 11.5 Å². The number of halogens is 8. The number of nitrogen functional groups attached to an aromatic ring is 2. The molecule has 0 aliphatic rings. The summed E-state index contributed by atoms with van der Waals surface area (Å²) in [6, 6.07) is 1.21. The number of benzene rings is 2. The molecule has 0 unspecified atom stereocenters. The summed E-state index contributed by atoms with van der Waals surface area (Å²) in [4.78, 5) is 0. The maximum Gasteiger partial charge on any atom is 0.417 e. The van der Waals surface area contributed by atoms with E-state index in [0.29, 0.717) is 12.1 Å². The molecule has 0 aromatic heterocycles. The number of hydrogen-bond donors (Lipinski definition) is 2. The van der Waals surface area contributed by atoms with Crippen LogP contribution in [0.3, 0.4) is 0 Å². The first kappa shape index (κ1) is 17.8. The fourth-order valence-electron chi connectivity index (χ4n) is 2.21. The molecule has 130 valence electrons. The SMILES string of the molecule is Nc1cc(F)c(-c2c(F)cc(N)cc2C(F)(F)F)c(C(F)(F)F)c1. The van der Waals surface area contributed by atoms with Gasteiger partial charge in [-0.15, -0.1) is 0 Å². The maximum atomic E-state index is 14.0. The van der Waals surface area contributed by atoms with E-state index in [2.05, 4.69) is 0 Å². The monoisotopic (exact) mass is 356 g/mol. The van der Waals surface area contributed by atoms with Crippen LogP contribution >= 0.6 is 0 Å². The quantitative estimate of drug-likeness (QED) is 0.568. The Morgan fingerprint density at radius 3 is 1.12 bits per heavy atom. The highest BCUT2D eigenvalue weighted by Gasteiger charge is 2.41. The van der Waals surface area contributed by atoms with E-state index in [9.17, 15) is 35.1 Å². The molecule has 0 saturated heterocycles. The molecule has 2 aromatic rings. The molecule has 0 atom stereocenters. The van der Waals surface area contributed by atoms with Crippen LogP contribution in [0.25, 0.3) is 11.1 Å². The van der Waals surface area contributed by atoms with Crippen molar-refractivity contribution in [2.24, 2.45) is 0 Å². The normalized spacial score (nSPS) is 12.5. The van der Waals surface area contributed by atoms with Crippen molar-refractivity contribution >= 4 is 11.4 Å². The van der Waals surface area contributed by atoms with Gasteiger partial charge in [-0.25, -0.2) is 8.78 Å². The lowest BCUT2D eigenvalue weighted by atomic mass is 9.92. The molecule has 24 heavy (non-hydrogen) atoms. The molecule has 0 radical (unpaired) electrons. The van der Waals surface area contributed by atoms with E-state index in [1.165, 1.54) is 0 Å². The third kappa shape index (κ3) is 3.22. The number of hydrogen-bond acceptors (Lipinski definition) is 2. The zero-order valence-electron chi connectivity index (χ0n) is 11.5. The van der Waals surface area contributed by atoms with Gasteiger partial charge >= 0.3 is 12.4 Å². The Labute approximate surface area is 129 Å². The van der Waals surface area contributed by atoms with Crippen LogP contribution < -0.4 is 11.5 Å². The minimum atomic E-state index is -5.26. The maximum absolute atomic E-state index is 14.0. The van der Waals surface area contributed by atoms with E-state index >= 15 is 0 Å². The van der Waals surface area contributed by atoms with Crippen LogP contribution in [0.5, 0.6) is 0 Å². The van der Waals surface area contributed by atoms with Crippen molar-refractivity contribution in [1.82, 2.24) is 0 Å². The fraction of sp³-hybridized carbons (Fsp3) is 0.143. The van der Waals surface area contributed by atoms with Crippen LogP contribution in [0.1, 0.15) is 11.1 Å². The second-order valence-electron chi connectivity index (χ2n) is 4.85. The minimum absolute atomic E-state index is 0.231. The number of anilines is 2. The average Bonchev–Trinajstić information content (AvgIpc) is 2.36. The highest BCUT2D eigenvalue weighted by atomic mass is 19.4. The van der Waals surface area contributed by atoms with Crippen molar-refractivity contribution in [2.75, 3.05) is 11.5 Å². The van der Waals surface area contributed by atoms with Crippen LogP contribution in [0.15, 0.2) is 24.3 Å². The minimum Gasteiger partial charge on any atom is -0.399 e. The Morgan fingerprint density at radius 2 is 0.875 bits per heavy atom. The van der Waals surface area contributed by atoms with E-state index in [1.807, 2.05) is 0 Å². The van der Waals surface area contributed by atoms with Crippen LogP contribution in [0.2, 0.25) is 0 Å². The zero-order chi connectivity index (χ0) is 18.4. The van der Waals surface area contributed by atoms with Crippen molar-refractivity contribution in [1.29, 1.82) is 0 Å². The Hall–Kier alpha value is -2.52. The first-order valence-electron chi connectivity index (χ1n) is 6.15. The topological polar surface area (TPSA) is 52.0 Å². The van der Waals surface area contributed by atoms with Crippen LogP contribution in [0.4, 0.5) is 46.5 Å². The molecule has 0 heterocycles. The summed E-state index contributed by atoms with van der Waals surface area (Å²) in [5.41, 5.74) is 2.07. The Bertz CT molecular complexity index is 725. The third-order valence-corrected chi connectivity index (χ3v) is 3.09. The predicted octanol–water partition coefficient (Wildman–Crippen LogP) is 4.83. The van der Waals surface area contributed by atoms with Gasteiger partial charge in [0.2, 0.25) is 0 Å². The van der Waals surface area contributed by atoms with Gasteiger partial charge in [0.05, 0.1) is 11.1 Å². The molecule has 10 heteroatoms. The fourth-order valence-corrected chi connectivity index (χ4v) is 2.21. The molecule has 0 aliphatic carbocycles. The second kappa shape index (κ2) is 5.53. The summed E-state index contributed by atoms with van der Waals surface area (Å²) in [6.07, 6.45) is -10.5. The molecule has 0 saturated carbocycles. The first-order chi connectivity index (χ1) is 10.8. The Balaban J connectivity index is 2.98. The molecular formula is C14H8F8N2. The first-order valence-corrected chi connectivity index (χ1v) is 6.15. The standard InChI is InChI=1S/C14H8F8N2/c15-9-3-5(23)1-7(13(17,18)19)11(9)12-8(14(20,21)22)2-6(24)4-10(12)16/h1-4H,23-24H2. The summed E-state index contributed by atoms with van der Waals surface area (Å²) in [7, 11) is 0. The smallest absolute Gasteiger partial charge is 0.399 e. The molecule has 0 fully saturated rings. The van der Waals surface area contributed by atoms with Gasteiger partial charge < -0.3 is 11.5 Å². The van der Waals surface area contributed by atoms with Crippen molar-refractivity contribution in [3.05, 3.63) is 47.0 Å². The van der Waals surface area contributed by atoms with Gasteiger partial charge in [-0.1, -0.05) is 0 Å². The summed E-state index contributed by atoms with van der Waals surface area (Å²) in [5.74, 6) is -3.48. The molecule has 0 bridgehead atoms. The molecular weight excluding hydrogens is 348 g/mol. The Morgan fingerprint density at radius 1 is 0.583 bits per heavy atom. The van der Waals surface area contributed by atoms with Crippen LogP contribution in [-0.4, -0.2) is 0 Å². The van der Waals surface area contributed by atoms with Crippen LogP contribution in [-0.2, 0) is 12.4 Å². The molecule has 0 spiro atoms. The molecule has 2 aromatic carbocycles. The van der Waals surface area contributed by atoms with Gasteiger partial charge in [0.25, 0.3) is 0 Å². The number of rotatable bonds is 1. The zero-order valence-corrected chi connectivity index (χ0v) is 11.5. The van der Waals surface area contributed by atoms with Gasteiger partial charge in [0.15, 0.2) is 0 Å². The summed E-state index contributed by atoms with van der Waals surface area (Å²) < 4.78 is 107. The van der Waals surface area contributed by atoms with Crippen LogP contribution in [0, 0.1) is 11.6 Å². The van der Waals surface area contributed by atoms with Crippen molar-refractivity contribution < 1.29 is 35.1 Å². The third-order valence-electron chi connectivity index (χ3n) is 3.09. The van der Waals surface area contributed by atoms with Gasteiger partial charge in [-0.2, -0.15) is 26.3 Å². The predicted molar refractivity (Wildman–Crippen MR) is 70.6 cm³/mol. The summed E-state index contributed by atoms with van der Waals surface area (Å²) >= 11 is 0. The van der Waals surface area contributed by atoms with Gasteiger partial charge in [0.1, 0.15) is 11.6 Å². The Kier molecular flexibility index (Phi) is 4.11. The van der Waals surface area contributed by atoms with E-state index in [-0.39, 0.29) is 12.1 Å². The van der Waals surface area contributed by atoms with E-state index in [0.717, 1.165) is 0 Å². The lowest BCUT2D eigenvalue weighted by Crippen LogP contribution is -2.15. The highest BCUT2D eigenvalue weighted by Crippen LogP contribution is 2.46. The number of nitrogens with two attached hydrogens (primary N) is 2. The second-order valence-corrected chi connectivity index (χ2v) is 4.85. The van der Waals surface area contributed by atoms with Gasteiger partial charge in [-0.05, 0) is 24.3 Å². The largest absolute Gasteiger partial charge is 0.417 e. The van der Waals surface area contributed by atoms with E-state index < -0.39 is 57.6 Å². The molecule has 2 rings (SSSR count). The molecule has 2 nitrogen and oxygen atoms in total. The number of alkyl halides is 6. The lowest BCUT2D eigenvalue weighted by molar-refractivity contribution is -0.139. The van der Waals surface area contributed by atoms with Crippen molar-refractivity contribution in [2.45, 2.75) is 12.4 Å². The van der Waals surface area contributed by atoms with Gasteiger partial charge in [-0.3, -0.25) is 0 Å². The average molecular weight is 356 g/mol. The van der Waals surface area contributed by atoms with Gasteiger partial charge in [0, 0.05) is 22.5 Å². The summed E-state index contributed by atoms with van der Waals surface area (Å²) in [6.45, 7) is 0. The van der Waals surface area contributed by atoms with E-state index in [1.54, 1.807) is 0 Å². The van der Waals surface area contributed by atoms with Crippen molar-refractivity contribution in [3.8, 4) is 11.1 Å².